The van der Waals surface area contributed by atoms with E-state index >= 15 is 0 Å². The molecule has 2 heteroatoms. The Labute approximate surface area is 135 Å². The summed E-state index contributed by atoms with van der Waals surface area (Å²) in [6.07, 6.45) is 13.4. The van der Waals surface area contributed by atoms with Gasteiger partial charge in [-0.1, -0.05) is 44.9 Å². The van der Waals surface area contributed by atoms with Gasteiger partial charge in [-0.3, -0.25) is 5.26 Å². The summed E-state index contributed by atoms with van der Waals surface area (Å²) in [7, 11) is 0. The topological polar surface area (TPSA) is 29.5 Å². The highest BCUT2D eigenvalue weighted by Crippen LogP contribution is 2.63. The van der Waals surface area contributed by atoms with E-state index in [0.29, 0.717) is 17.9 Å². The van der Waals surface area contributed by atoms with Crippen LogP contribution in [0.5, 0.6) is 0 Å². The number of rotatable bonds is 3. The summed E-state index contributed by atoms with van der Waals surface area (Å²) in [5, 5.41) is 9.07. The lowest BCUT2D eigenvalue weighted by Crippen LogP contribution is -2.52. The van der Waals surface area contributed by atoms with E-state index in [1.807, 2.05) is 0 Å². The largest absolute Gasteiger partial charge is 0.252 e. The summed E-state index contributed by atoms with van der Waals surface area (Å²) >= 11 is 0. The second kappa shape index (κ2) is 5.49. The van der Waals surface area contributed by atoms with Gasteiger partial charge in [-0.05, 0) is 61.2 Å². The minimum Gasteiger partial charge on any atom is -0.252 e. The quantitative estimate of drug-likeness (QED) is 0.417. The molecule has 124 valence electrons. The zero-order chi connectivity index (χ0) is 16.0. The van der Waals surface area contributed by atoms with E-state index in [-0.39, 0.29) is 10.8 Å². The van der Waals surface area contributed by atoms with Crippen LogP contribution in [0, 0.1) is 28.1 Å². The molecule has 3 rings (SSSR count). The molecular formula is C20H32O2. The summed E-state index contributed by atoms with van der Waals surface area (Å²) in [6, 6.07) is 0. The normalized spacial score (nSPS) is 48.1. The van der Waals surface area contributed by atoms with E-state index in [4.69, 9.17) is 5.26 Å². The van der Waals surface area contributed by atoms with Crippen LogP contribution in [0.3, 0.4) is 0 Å². The van der Waals surface area contributed by atoms with E-state index < -0.39 is 0 Å². The van der Waals surface area contributed by atoms with Crippen LogP contribution < -0.4 is 0 Å². The molecule has 0 radical (unpaired) electrons. The molecule has 2 fully saturated rings. The minimum atomic E-state index is 0.131. The lowest BCUT2D eigenvalue weighted by Gasteiger charge is -2.60. The molecule has 0 aromatic rings. The van der Waals surface area contributed by atoms with E-state index in [0.717, 1.165) is 5.92 Å². The lowest BCUT2D eigenvalue weighted by molar-refractivity contribution is -0.276. The van der Waals surface area contributed by atoms with E-state index in [1.54, 1.807) is 5.57 Å². The summed E-state index contributed by atoms with van der Waals surface area (Å²) in [4.78, 5) is 4.64. The fraction of sp³-hybridized carbons (Fsp3) is 0.800. The first-order valence-corrected chi connectivity index (χ1v) is 8.98. The van der Waals surface area contributed by atoms with Crippen LogP contribution in [0.4, 0.5) is 0 Å². The molecule has 5 atom stereocenters. The van der Waals surface area contributed by atoms with Crippen molar-refractivity contribution in [3.05, 3.63) is 24.3 Å². The zero-order valence-corrected chi connectivity index (χ0v) is 14.5. The summed E-state index contributed by atoms with van der Waals surface area (Å²) in [5.41, 5.74) is 2.38. The van der Waals surface area contributed by atoms with Crippen molar-refractivity contribution in [3.63, 3.8) is 0 Å². The Bertz CT molecular complexity index is 478. The minimum absolute atomic E-state index is 0.131. The second-order valence-corrected chi connectivity index (χ2v) is 8.90. The van der Waals surface area contributed by atoms with Gasteiger partial charge in [0.15, 0.2) is 0 Å². The molecule has 0 spiro atoms. The standard InChI is InChI=1S/C20H32O2/c1-5-18(2)12-9-16-15(13-18)7-8-17-19(3,14-22-21)10-6-11-20(16,17)4/h5,13,16-17,21H,1,6-12,14H2,2-4H3/t16-,17-,18+,19-,20+/m1/s1. The monoisotopic (exact) mass is 304 g/mol. The Morgan fingerprint density at radius 3 is 2.73 bits per heavy atom. The van der Waals surface area contributed by atoms with Crippen LogP contribution in [0.2, 0.25) is 0 Å². The van der Waals surface area contributed by atoms with Crippen LogP contribution >= 0.6 is 0 Å². The third-order valence-corrected chi connectivity index (χ3v) is 7.41. The highest BCUT2D eigenvalue weighted by Gasteiger charge is 2.55. The SMILES string of the molecule is C=C[C@]1(C)C=C2CC[C@@H]3[C@@](C)(COO)CCC[C@@]3(C)[C@@H]2CC1. The Balaban J connectivity index is 1.94. The first-order chi connectivity index (χ1) is 10.4. The first kappa shape index (κ1) is 16.3. The van der Waals surface area contributed by atoms with Crippen molar-refractivity contribution in [2.45, 2.75) is 65.7 Å². The molecule has 0 aliphatic heterocycles. The number of hydrogen-bond acceptors (Lipinski definition) is 2. The van der Waals surface area contributed by atoms with Crippen LogP contribution in [-0.4, -0.2) is 11.9 Å². The number of fused-ring (bicyclic) bond motifs is 3. The molecule has 0 aromatic heterocycles. The van der Waals surface area contributed by atoms with Crippen molar-refractivity contribution in [2.75, 3.05) is 6.61 Å². The third kappa shape index (κ3) is 2.39. The van der Waals surface area contributed by atoms with Crippen LogP contribution in [0.25, 0.3) is 0 Å². The molecule has 0 unspecified atom stereocenters. The van der Waals surface area contributed by atoms with Gasteiger partial charge >= 0.3 is 0 Å². The van der Waals surface area contributed by atoms with Crippen molar-refractivity contribution in [2.24, 2.45) is 28.1 Å². The summed E-state index contributed by atoms with van der Waals surface area (Å²) in [5.74, 6) is 1.38. The predicted molar refractivity (Wildman–Crippen MR) is 90.5 cm³/mol. The maximum atomic E-state index is 9.07. The van der Waals surface area contributed by atoms with E-state index in [2.05, 4.69) is 44.4 Å². The molecule has 3 aliphatic carbocycles. The zero-order valence-electron chi connectivity index (χ0n) is 14.5. The number of hydrogen-bond donors (Lipinski definition) is 1. The molecule has 2 saturated carbocycles. The van der Waals surface area contributed by atoms with Gasteiger partial charge in [0.1, 0.15) is 0 Å². The van der Waals surface area contributed by atoms with Crippen LogP contribution in [0.1, 0.15) is 65.7 Å². The molecule has 1 N–H and O–H groups in total. The Morgan fingerprint density at radius 1 is 1.27 bits per heavy atom. The van der Waals surface area contributed by atoms with Gasteiger partial charge in [0.2, 0.25) is 0 Å². The van der Waals surface area contributed by atoms with E-state index in [1.165, 1.54) is 44.9 Å². The fourth-order valence-corrected chi connectivity index (χ4v) is 6.14. The maximum absolute atomic E-state index is 9.07. The Hall–Kier alpha value is -0.600. The number of allylic oxidation sites excluding steroid dienone is 3. The lowest BCUT2D eigenvalue weighted by atomic mass is 9.45. The maximum Gasteiger partial charge on any atom is 0.0876 e. The summed E-state index contributed by atoms with van der Waals surface area (Å²) in [6.45, 7) is 11.7. The molecular weight excluding hydrogens is 272 g/mol. The second-order valence-electron chi connectivity index (χ2n) is 8.90. The molecule has 0 saturated heterocycles. The fourth-order valence-electron chi connectivity index (χ4n) is 6.14. The third-order valence-electron chi connectivity index (χ3n) is 7.41. The van der Waals surface area contributed by atoms with E-state index in [9.17, 15) is 0 Å². The van der Waals surface area contributed by atoms with Crippen molar-refractivity contribution >= 4 is 0 Å². The van der Waals surface area contributed by atoms with Gasteiger partial charge in [0.25, 0.3) is 0 Å². The summed E-state index contributed by atoms with van der Waals surface area (Å²) < 4.78 is 0. The smallest absolute Gasteiger partial charge is 0.0876 e. The van der Waals surface area contributed by atoms with Gasteiger partial charge in [-0.25, -0.2) is 4.89 Å². The molecule has 0 aromatic carbocycles. The molecule has 3 aliphatic rings. The molecule has 0 amide bonds. The highest BCUT2D eigenvalue weighted by atomic mass is 17.1. The van der Waals surface area contributed by atoms with Gasteiger partial charge in [0, 0.05) is 5.41 Å². The Kier molecular flexibility index (Phi) is 4.06. The predicted octanol–water partition coefficient (Wildman–Crippen LogP) is 5.61. The van der Waals surface area contributed by atoms with Gasteiger partial charge in [-0.2, -0.15) is 0 Å². The van der Waals surface area contributed by atoms with Crippen molar-refractivity contribution in [1.82, 2.24) is 0 Å². The molecule has 0 bridgehead atoms. The van der Waals surface area contributed by atoms with Gasteiger partial charge < -0.3 is 0 Å². The van der Waals surface area contributed by atoms with Crippen LogP contribution in [0.15, 0.2) is 24.3 Å². The molecule has 0 heterocycles. The molecule has 22 heavy (non-hydrogen) atoms. The highest BCUT2D eigenvalue weighted by molar-refractivity contribution is 5.26. The van der Waals surface area contributed by atoms with Gasteiger partial charge in [0.05, 0.1) is 6.61 Å². The average molecular weight is 304 g/mol. The first-order valence-electron chi connectivity index (χ1n) is 8.98. The van der Waals surface area contributed by atoms with Crippen molar-refractivity contribution in [1.29, 1.82) is 0 Å². The molecule has 2 nitrogen and oxygen atoms in total. The van der Waals surface area contributed by atoms with Crippen molar-refractivity contribution in [3.8, 4) is 0 Å². The van der Waals surface area contributed by atoms with Crippen LogP contribution in [-0.2, 0) is 4.89 Å². The van der Waals surface area contributed by atoms with Gasteiger partial charge in [-0.15, -0.1) is 6.58 Å². The average Bonchev–Trinajstić information content (AvgIpc) is 2.47. The van der Waals surface area contributed by atoms with Crippen molar-refractivity contribution < 1.29 is 10.1 Å². The Morgan fingerprint density at radius 2 is 2.05 bits per heavy atom.